The molecule has 0 aliphatic rings. The fourth-order valence-electron chi connectivity index (χ4n) is 5.08. The van der Waals surface area contributed by atoms with Crippen molar-refractivity contribution in [2.75, 3.05) is 52.7 Å². The molecule has 0 aromatic rings. The summed E-state index contributed by atoms with van der Waals surface area (Å²) in [6, 6.07) is 0. The van der Waals surface area contributed by atoms with Crippen molar-refractivity contribution in [3.63, 3.8) is 0 Å². The highest BCUT2D eigenvalue weighted by molar-refractivity contribution is 8.13. The Bertz CT molecular complexity index is 750. The lowest BCUT2D eigenvalue weighted by molar-refractivity contribution is -0.143. The van der Waals surface area contributed by atoms with Crippen molar-refractivity contribution in [3.05, 3.63) is 24.3 Å². The van der Waals surface area contributed by atoms with Gasteiger partial charge in [-0.15, -0.1) is 0 Å². The molecule has 274 valence electrons. The van der Waals surface area contributed by atoms with Gasteiger partial charge >= 0.3 is 11.9 Å². The summed E-state index contributed by atoms with van der Waals surface area (Å²) in [5.74, 6) is 0.588. The van der Waals surface area contributed by atoms with E-state index in [1.54, 1.807) is 0 Å². The number of esters is 2. The van der Waals surface area contributed by atoms with Gasteiger partial charge in [-0.05, 0) is 65.5 Å². The van der Waals surface area contributed by atoms with Crippen LogP contribution < -0.4 is 0 Å². The van der Waals surface area contributed by atoms with Crippen LogP contribution in [0.3, 0.4) is 0 Å². The molecule has 0 radical (unpaired) electrons. The Morgan fingerprint density at radius 3 is 1.40 bits per heavy atom. The second kappa shape index (κ2) is 35.5. The van der Waals surface area contributed by atoms with Gasteiger partial charge in [-0.2, -0.15) is 0 Å². The number of carbonyl (C=O) groups excluding carboxylic acids is 3. The predicted molar refractivity (Wildman–Crippen MR) is 201 cm³/mol. The molecule has 0 fully saturated rings. The van der Waals surface area contributed by atoms with Gasteiger partial charge in [0.2, 0.25) is 0 Å². The lowest BCUT2D eigenvalue weighted by Gasteiger charge is -2.22. The highest BCUT2D eigenvalue weighted by atomic mass is 32.2. The van der Waals surface area contributed by atoms with Crippen LogP contribution in [0.5, 0.6) is 0 Å². The minimum atomic E-state index is -0.108. The molecular formula is C39H72N2O5S. The number of carbonyl (C=O) groups is 3. The van der Waals surface area contributed by atoms with Crippen molar-refractivity contribution < 1.29 is 23.9 Å². The zero-order valence-electron chi connectivity index (χ0n) is 31.0. The Morgan fingerprint density at radius 2 is 0.957 bits per heavy atom. The standard InChI is InChI=1S/C39H72N2O5S/c1-5-7-9-11-13-21-27-34-45-37(42)29-23-17-15-19-25-31-41(39(44)47-36-33-40(3)4)32-26-20-16-18-24-30-38(43)46-35-28-22-14-12-10-8-6-2/h21-22,27-28H,5-20,23-26,29-36H2,1-4H3. The number of ether oxygens (including phenoxy) is 2. The minimum Gasteiger partial charge on any atom is -0.461 e. The molecule has 0 heterocycles. The number of hydrogen-bond donors (Lipinski definition) is 0. The maximum atomic E-state index is 12.9. The van der Waals surface area contributed by atoms with Gasteiger partial charge in [0.05, 0.1) is 0 Å². The average Bonchev–Trinajstić information content (AvgIpc) is 3.05. The van der Waals surface area contributed by atoms with Crippen molar-refractivity contribution in [1.82, 2.24) is 9.80 Å². The van der Waals surface area contributed by atoms with Crippen LogP contribution in [0.2, 0.25) is 0 Å². The van der Waals surface area contributed by atoms with E-state index in [4.69, 9.17) is 9.47 Å². The van der Waals surface area contributed by atoms with Gasteiger partial charge in [-0.1, -0.05) is 127 Å². The molecule has 0 unspecified atom stereocenters. The first-order chi connectivity index (χ1) is 22.9. The maximum absolute atomic E-state index is 12.9. The smallest absolute Gasteiger partial charge is 0.306 e. The molecule has 0 aliphatic heterocycles. The molecule has 0 bridgehead atoms. The third-order valence-corrected chi connectivity index (χ3v) is 9.00. The number of thioether (sulfide) groups is 1. The van der Waals surface area contributed by atoms with Crippen LogP contribution in [0.15, 0.2) is 24.3 Å². The second-order valence-corrected chi connectivity index (χ2v) is 14.0. The second-order valence-electron chi connectivity index (χ2n) is 12.9. The Kier molecular flexibility index (Phi) is 34.1. The average molecular weight is 681 g/mol. The molecule has 47 heavy (non-hydrogen) atoms. The van der Waals surface area contributed by atoms with Crippen LogP contribution in [-0.2, 0) is 19.1 Å². The van der Waals surface area contributed by atoms with E-state index < -0.39 is 0 Å². The first kappa shape index (κ1) is 45.2. The van der Waals surface area contributed by atoms with Gasteiger partial charge in [0.1, 0.15) is 13.2 Å². The summed E-state index contributed by atoms with van der Waals surface area (Å²) in [5, 5.41) is 0.183. The van der Waals surface area contributed by atoms with Crippen molar-refractivity contribution in [1.29, 1.82) is 0 Å². The summed E-state index contributed by atoms with van der Waals surface area (Å²) in [4.78, 5) is 41.0. The third kappa shape index (κ3) is 33.9. The maximum Gasteiger partial charge on any atom is 0.306 e. The Balaban J connectivity index is 4.07. The first-order valence-electron chi connectivity index (χ1n) is 19.1. The van der Waals surface area contributed by atoms with Gasteiger partial charge in [0.15, 0.2) is 0 Å². The monoisotopic (exact) mass is 681 g/mol. The lowest BCUT2D eigenvalue weighted by Crippen LogP contribution is -2.30. The summed E-state index contributed by atoms with van der Waals surface area (Å²) in [7, 11) is 4.06. The number of unbranched alkanes of at least 4 members (excludes halogenated alkanes) is 16. The van der Waals surface area contributed by atoms with E-state index in [-0.39, 0.29) is 17.2 Å². The predicted octanol–water partition coefficient (Wildman–Crippen LogP) is 10.5. The van der Waals surface area contributed by atoms with E-state index in [2.05, 4.69) is 30.9 Å². The van der Waals surface area contributed by atoms with Gasteiger partial charge in [0, 0.05) is 38.2 Å². The van der Waals surface area contributed by atoms with E-state index in [0.29, 0.717) is 26.1 Å². The Morgan fingerprint density at radius 1 is 0.532 bits per heavy atom. The SMILES string of the molecule is CCCCCCC=CCOC(=O)CCCCCCCN(CCCCCCCC(=O)OCC=CCCCCCC)C(=O)SCCN(C)C. The van der Waals surface area contributed by atoms with Crippen LogP contribution in [0.4, 0.5) is 4.79 Å². The fourth-order valence-corrected chi connectivity index (χ4v) is 6.08. The summed E-state index contributed by atoms with van der Waals surface area (Å²) >= 11 is 1.42. The molecule has 0 atom stereocenters. The van der Waals surface area contributed by atoms with Crippen LogP contribution >= 0.6 is 11.8 Å². The molecule has 0 aromatic heterocycles. The Labute approximate surface area is 294 Å². The summed E-state index contributed by atoms with van der Waals surface area (Å²) in [6.07, 6.45) is 31.3. The van der Waals surface area contributed by atoms with Crippen LogP contribution in [0.25, 0.3) is 0 Å². The molecule has 0 aromatic carbocycles. The number of allylic oxidation sites excluding steroid dienone is 2. The molecule has 1 amide bonds. The van der Waals surface area contributed by atoms with Gasteiger partial charge in [-0.25, -0.2) is 0 Å². The first-order valence-corrected chi connectivity index (χ1v) is 20.1. The van der Waals surface area contributed by atoms with E-state index in [9.17, 15) is 14.4 Å². The highest BCUT2D eigenvalue weighted by Crippen LogP contribution is 2.15. The molecule has 0 aliphatic carbocycles. The van der Waals surface area contributed by atoms with E-state index in [0.717, 1.165) is 102 Å². The normalized spacial score (nSPS) is 11.6. The van der Waals surface area contributed by atoms with Crippen molar-refractivity contribution in [2.45, 2.75) is 155 Å². The van der Waals surface area contributed by atoms with E-state index in [1.807, 2.05) is 31.1 Å². The largest absolute Gasteiger partial charge is 0.461 e. The third-order valence-electron chi connectivity index (χ3n) is 8.10. The van der Waals surface area contributed by atoms with Crippen molar-refractivity contribution in [3.8, 4) is 0 Å². The molecule has 0 saturated heterocycles. The molecule has 0 saturated carbocycles. The molecular weight excluding hydrogens is 609 g/mol. The summed E-state index contributed by atoms with van der Waals surface area (Å²) < 4.78 is 10.6. The number of rotatable bonds is 33. The zero-order chi connectivity index (χ0) is 34.6. The van der Waals surface area contributed by atoms with Crippen molar-refractivity contribution >= 4 is 28.9 Å². The zero-order valence-corrected chi connectivity index (χ0v) is 31.8. The molecule has 0 N–H and O–H groups in total. The minimum absolute atomic E-state index is 0.108. The van der Waals surface area contributed by atoms with Gasteiger partial charge in [0.25, 0.3) is 5.24 Å². The number of hydrogen-bond acceptors (Lipinski definition) is 7. The van der Waals surface area contributed by atoms with E-state index in [1.165, 1.54) is 63.1 Å². The van der Waals surface area contributed by atoms with Gasteiger partial charge in [-0.3, -0.25) is 14.4 Å². The molecule has 0 spiro atoms. The lowest BCUT2D eigenvalue weighted by atomic mass is 10.1. The summed E-state index contributed by atoms with van der Waals surface area (Å²) in [6.45, 7) is 7.67. The highest BCUT2D eigenvalue weighted by Gasteiger charge is 2.14. The van der Waals surface area contributed by atoms with Crippen LogP contribution in [0, 0.1) is 0 Å². The van der Waals surface area contributed by atoms with Crippen LogP contribution in [0.1, 0.15) is 155 Å². The van der Waals surface area contributed by atoms with Gasteiger partial charge < -0.3 is 19.3 Å². The van der Waals surface area contributed by atoms with Crippen molar-refractivity contribution in [2.24, 2.45) is 0 Å². The Hall–Kier alpha value is -1.80. The molecule has 8 heteroatoms. The van der Waals surface area contributed by atoms with E-state index >= 15 is 0 Å². The molecule has 0 rings (SSSR count). The number of nitrogens with zero attached hydrogens (tertiary/aromatic N) is 2. The fraction of sp³-hybridized carbons (Fsp3) is 0.821. The number of amides is 1. The summed E-state index contributed by atoms with van der Waals surface area (Å²) in [5.41, 5.74) is 0. The quantitative estimate of drug-likeness (QED) is 0.0388. The molecule has 7 nitrogen and oxygen atoms in total. The van der Waals surface area contributed by atoms with Crippen LogP contribution in [-0.4, -0.2) is 79.7 Å². The topological polar surface area (TPSA) is 76.1 Å².